The van der Waals surface area contributed by atoms with E-state index < -0.39 is 27.1 Å². The van der Waals surface area contributed by atoms with E-state index in [1.807, 2.05) is 32.0 Å². The molecule has 0 aliphatic rings. The number of para-hydroxylation sites is 1. The van der Waals surface area contributed by atoms with Crippen molar-refractivity contribution in [2.45, 2.75) is 71.1 Å². The van der Waals surface area contributed by atoms with Gasteiger partial charge in [-0.1, -0.05) is 35.3 Å². The summed E-state index contributed by atoms with van der Waals surface area (Å²) in [5.74, 6) is -0.204. The molecule has 0 aliphatic heterocycles. The summed E-state index contributed by atoms with van der Waals surface area (Å²) in [4.78, 5) is 16.9. The minimum absolute atomic E-state index is 0.0930. The van der Waals surface area contributed by atoms with Crippen LogP contribution in [-0.2, 0) is 26.2 Å². The molecular weight excluding hydrogens is 523 g/mol. The van der Waals surface area contributed by atoms with E-state index in [0.29, 0.717) is 11.3 Å². The number of carbonyl (C=O) groups is 1. The molecule has 7 nitrogen and oxygen atoms in total. The van der Waals surface area contributed by atoms with Crippen LogP contribution in [0, 0.1) is 13.8 Å². The van der Waals surface area contributed by atoms with Gasteiger partial charge in [0.1, 0.15) is 33.9 Å². The van der Waals surface area contributed by atoms with Crippen molar-refractivity contribution in [3.8, 4) is 5.75 Å². The lowest BCUT2D eigenvalue weighted by atomic mass is 10.1. The summed E-state index contributed by atoms with van der Waals surface area (Å²) < 4.78 is 40.2. The smallest absolute Gasteiger partial charge is 0.327 e. The Labute approximate surface area is 222 Å². The molecule has 10 heteroatoms. The first-order chi connectivity index (χ1) is 16.5. The number of nitrogens with zero attached hydrogens (tertiary/aromatic N) is 1. The zero-order valence-electron chi connectivity index (χ0n) is 21.3. The van der Waals surface area contributed by atoms with Crippen LogP contribution >= 0.6 is 23.2 Å². The number of nitrogens with one attached hydrogen (secondary N) is 1. The van der Waals surface area contributed by atoms with Gasteiger partial charge in [0.2, 0.25) is 10.0 Å². The van der Waals surface area contributed by atoms with Gasteiger partial charge in [-0.3, -0.25) is 4.79 Å². The Morgan fingerprint density at radius 3 is 2.36 bits per heavy atom. The molecular formula is C26H30Cl2N2O5S. The molecule has 0 unspecified atom stereocenters. The third kappa shape index (κ3) is 6.29. The second-order valence-electron chi connectivity index (χ2n) is 10.1. The third-order valence-electron chi connectivity index (χ3n) is 5.25. The maximum atomic E-state index is 13.2. The van der Waals surface area contributed by atoms with Crippen LogP contribution in [0.1, 0.15) is 51.4 Å². The molecule has 0 bridgehead atoms. The van der Waals surface area contributed by atoms with Crippen molar-refractivity contribution in [3.63, 3.8) is 0 Å². The molecule has 1 heterocycles. The Hall–Kier alpha value is -2.39. The third-order valence-corrected chi connectivity index (χ3v) is 7.84. The van der Waals surface area contributed by atoms with Crippen LogP contribution in [0.15, 0.2) is 41.3 Å². The minimum atomic E-state index is -4.23. The van der Waals surface area contributed by atoms with Gasteiger partial charge in [-0.25, -0.2) is 13.4 Å². The number of benzene rings is 2. The molecule has 0 amide bonds. The van der Waals surface area contributed by atoms with Crippen LogP contribution in [-0.4, -0.2) is 30.5 Å². The van der Waals surface area contributed by atoms with Gasteiger partial charge in [0.05, 0.1) is 5.02 Å². The normalized spacial score (nSPS) is 12.6. The lowest BCUT2D eigenvalue weighted by molar-refractivity contribution is -0.160. The number of esters is 1. The molecule has 194 valence electrons. The summed E-state index contributed by atoms with van der Waals surface area (Å²) in [5, 5.41) is 1.08. The molecule has 2 aromatic carbocycles. The highest BCUT2D eigenvalue weighted by atomic mass is 35.5. The highest BCUT2D eigenvalue weighted by molar-refractivity contribution is 7.89. The maximum absolute atomic E-state index is 13.2. The first kappa shape index (κ1) is 28.2. The van der Waals surface area contributed by atoms with Crippen LogP contribution < -0.4 is 9.46 Å². The number of halogens is 2. The molecule has 0 radical (unpaired) electrons. The molecule has 0 saturated heterocycles. The summed E-state index contributed by atoms with van der Waals surface area (Å²) in [6.45, 7) is 11.7. The summed E-state index contributed by atoms with van der Waals surface area (Å²) in [6.07, 6.45) is 0. The zero-order valence-corrected chi connectivity index (χ0v) is 23.7. The molecule has 1 aromatic heterocycles. The number of hydrogen-bond donors (Lipinski definition) is 1. The Bertz CT molecular complexity index is 1430. The van der Waals surface area contributed by atoms with E-state index in [4.69, 9.17) is 32.7 Å². The van der Waals surface area contributed by atoms with Crippen molar-refractivity contribution in [3.05, 3.63) is 63.3 Å². The van der Waals surface area contributed by atoms with E-state index in [2.05, 4.69) is 9.71 Å². The van der Waals surface area contributed by atoms with E-state index in [0.717, 1.165) is 16.6 Å². The van der Waals surface area contributed by atoms with Gasteiger partial charge in [0, 0.05) is 21.7 Å². The molecule has 3 aromatic rings. The van der Waals surface area contributed by atoms with Crippen molar-refractivity contribution in [1.29, 1.82) is 0 Å². The second kappa shape index (κ2) is 10.2. The number of fused-ring (bicyclic) bond motifs is 1. The molecule has 0 fully saturated rings. The number of rotatable bonds is 7. The number of hydrogen-bond acceptors (Lipinski definition) is 6. The SMILES string of the molecule is Cc1cc(C)c2cccc(OCc3c(Cl)ccc(S(=O)(=O)NC(C)(C)C(=O)OC(C)(C)C)c3Cl)c2n1. The summed E-state index contributed by atoms with van der Waals surface area (Å²) in [5.41, 5.74) is 0.556. The first-order valence-corrected chi connectivity index (χ1v) is 13.5. The van der Waals surface area contributed by atoms with Crippen molar-refractivity contribution >= 4 is 50.1 Å². The topological polar surface area (TPSA) is 94.6 Å². The van der Waals surface area contributed by atoms with Crippen molar-refractivity contribution in [1.82, 2.24) is 9.71 Å². The van der Waals surface area contributed by atoms with E-state index in [-0.39, 0.29) is 27.1 Å². The predicted molar refractivity (Wildman–Crippen MR) is 142 cm³/mol. The fraction of sp³-hybridized carbons (Fsp3) is 0.385. The summed E-state index contributed by atoms with van der Waals surface area (Å²) in [6, 6.07) is 10.3. The predicted octanol–water partition coefficient (Wildman–Crippen LogP) is 6.14. The average molecular weight is 554 g/mol. The fourth-order valence-electron chi connectivity index (χ4n) is 3.58. The quantitative estimate of drug-likeness (QED) is 0.354. The van der Waals surface area contributed by atoms with Gasteiger partial charge in [0.15, 0.2) is 0 Å². The van der Waals surface area contributed by atoms with E-state index in [9.17, 15) is 13.2 Å². The molecule has 0 saturated carbocycles. The van der Waals surface area contributed by atoms with E-state index >= 15 is 0 Å². The van der Waals surface area contributed by atoms with Crippen LogP contribution in [0.3, 0.4) is 0 Å². The van der Waals surface area contributed by atoms with Crippen molar-refractivity contribution in [2.75, 3.05) is 0 Å². The first-order valence-electron chi connectivity index (χ1n) is 11.3. The molecule has 0 aliphatic carbocycles. The van der Waals surface area contributed by atoms with Gasteiger partial charge < -0.3 is 9.47 Å². The summed E-state index contributed by atoms with van der Waals surface area (Å²) >= 11 is 12.9. The lowest BCUT2D eigenvalue weighted by Gasteiger charge is -2.29. The number of aryl methyl sites for hydroxylation is 2. The van der Waals surface area contributed by atoms with E-state index in [1.165, 1.54) is 26.0 Å². The van der Waals surface area contributed by atoms with Gasteiger partial charge in [-0.05, 0) is 78.3 Å². The average Bonchev–Trinajstić information content (AvgIpc) is 2.71. The fourth-order valence-corrected chi connectivity index (χ4v) is 5.83. The van der Waals surface area contributed by atoms with E-state index in [1.54, 1.807) is 26.8 Å². The van der Waals surface area contributed by atoms with Crippen molar-refractivity contribution < 1.29 is 22.7 Å². The van der Waals surface area contributed by atoms with Gasteiger partial charge in [0.25, 0.3) is 0 Å². The second-order valence-corrected chi connectivity index (χ2v) is 12.5. The molecule has 1 N–H and O–H groups in total. The Morgan fingerprint density at radius 2 is 1.72 bits per heavy atom. The standard InChI is InChI=1S/C26H30Cl2N2O5S/c1-15-13-16(2)29-23-17(15)9-8-10-20(23)34-14-18-19(27)11-12-21(22(18)28)36(32,33)30-26(6,7)24(31)35-25(3,4)5/h8-13,30H,14H2,1-7H3. The molecule has 36 heavy (non-hydrogen) atoms. The van der Waals surface area contributed by atoms with Crippen LogP contribution in [0.25, 0.3) is 10.9 Å². The molecule has 0 spiro atoms. The van der Waals surface area contributed by atoms with Crippen LogP contribution in [0.4, 0.5) is 0 Å². The Balaban J connectivity index is 1.92. The number of sulfonamides is 1. The van der Waals surface area contributed by atoms with Gasteiger partial charge in [-0.15, -0.1) is 0 Å². The van der Waals surface area contributed by atoms with Gasteiger partial charge in [-0.2, -0.15) is 4.72 Å². The number of pyridine rings is 1. The van der Waals surface area contributed by atoms with Crippen molar-refractivity contribution in [2.24, 2.45) is 0 Å². The Kier molecular flexibility index (Phi) is 7.96. The Morgan fingerprint density at radius 1 is 1.06 bits per heavy atom. The maximum Gasteiger partial charge on any atom is 0.327 e. The number of ether oxygens (including phenoxy) is 2. The molecule has 3 rings (SSSR count). The van der Waals surface area contributed by atoms with Crippen LogP contribution in [0.5, 0.6) is 5.75 Å². The van der Waals surface area contributed by atoms with Crippen LogP contribution in [0.2, 0.25) is 10.0 Å². The minimum Gasteiger partial charge on any atom is -0.487 e. The highest BCUT2D eigenvalue weighted by Crippen LogP contribution is 2.34. The molecule has 0 atom stereocenters. The lowest BCUT2D eigenvalue weighted by Crippen LogP contribution is -2.52. The number of aromatic nitrogens is 1. The highest BCUT2D eigenvalue weighted by Gasteiger charge is 2.38. The zero-order chi connectivity index (χ0) is 27.1. The van der Waals surface area contributed by atoms with Gasteiger partial charge >= 0.3 is 5.97 Å². The monoisotopic (exact) mass is 552 g/mol. The number of carbonyl (C=O) groups excluding carboxylic acids is 1. The largest absolute Gasteiger partial charge is 0.487 e. The summed E-state index contributed by atoms with van der Waals surface area (Å²) in [7, 11) is -4.23.